The van der Waals surface area contributed by atoms with Crippen molar-refractivity contribution in [3.05, 3.63) is 52.3 Å². The summed E-state index contributed by atoms with van der Waals surface area (Å²) in [5.74, 6) is -2.02. The Kier molecular flexibility index (Phi) is 7.35. The molecule has 2 aliphatic rings. The fourth-order valence-corrected chi connectivity index (χ4v) is 8.30. The Hall–Kier alpha value is -2.98. The number of Topliss-reactive ketones (excluding diaryl/α,β-unsaturated/α-hetero) is 1. The highest BCUT2D eigenvalue weighted by Gasteiger charge is 2.53. The zero-order valence-corrected chi connectivity index (χ0v) is 23.7. The molecule has 1 saturated heterocycles. The molecule has 1 aliphatic heterocycles. The SMILES string of the molecule is CCOC(=O)c1c(C)[nH]c(C)c1C(=O)COC(=O)c1cccc(S(=O)(=O)N2C[C@@]3(C)C[C@@H]2CC(C)(C)C3)c1. The number of benzene rings is 1. The number of H-pyrrole nitrogens is 1. The molecule has 9 nitrogen and oxygen atoms in total. The van der Waals surface area contributed by atoms with Crippen LogP contribution in [0, 0.1) is 24.7 Å². The first-order chi connectivity index (χ1) is 17.7. The number of aromatic nitrogens is 1. The summed E-state index contributed by atoms with van der Waals surface area (Å²) in [6.07, 6.45) is 2.57. The zero-order chi connectivity index (χ0) is 28.0. The molecule has 2 aromatic rings. The fraction of sp³-hybridized carbons (Fsp3) is 0.536. The van der Waals surface area contributed by atoms with E-state index in [2.05, 4.69) is 25.8 Å². The molecule has 2 heterocycles. The van der Waals surface area contributed by atoms with Crippen LogP contribution in [-0.2, 0) is 19.5 Å². The van der Waals surface area contributed by atoms with E-state index in [1.54, 1.807) is 25.1 Å². The highest BCUT2D eigenvalue weighted by molar-refractivity contribution is 7.89. The first-order valence-corrected chi connectivity index (χ1v) is 14.3. The number of hydrogen-bond donors (Lipinski definition) is 1. The second-order valence-electron chi connectivity index (χ2n) is 11.6. The summed E-state index contributed by atoms with van der Waals surface area (Å²) < 4.78 is 39.1. The van der Waals surface area contributed by atoms with Crippen LogP contribution in [0.25, 0.3) is 0 Å². The van der Waals surface area contributed by atoms with Crippen molar-refractivity contribution in [1.29, 1.82) is 0 Å². The first kappa shape index (κ1) is 28.0. The van der Waals surface area contributed by atoms with Gasteiger partial charge in [-0.15, -0.1) is 0 Å². The van der Waals surface area contributed by atoms with Gasteiger partial charge < -0.3 is 14.5 Å². The summed E-state index contributed by atoms with van der Waals surface area (Å²) in [5, 5.41) is 0. The van der Waals surface area contributed by atoms with E-state index in [1.165, 1.54) is 24.3 Å². The number of aryl methyl sites for hydroxylation is 2. The van der Waals surface area contributed by atoms with E-state index in [1.807, 2.05) is 0 Å². The second kappa shape index (κ2) is 9.96. The predicted octanol–water partition coefficient (Wildman–Crippen LogP) is 4.44. The predicted molar refractivity (Wildman–Crippen MR) is 141 cm³/mol. The van der Waals surface area contributed by atoms with Crippen molar-refractivity contribution in [1.82, 2.24) is 9.29 Å². The molecule has 0 unspecified atom stereocenters. The number of carbonyl (C=O) groups is 3. The number of hydrogen-bond acceptors (Lipinski definition) is 7. The number of fused-ring (bicyclic) bond motifs is 2. The van der Waals surface area contributed by atoms with E-state index in [4.69, 9.17) is 9.47 Å². The van der Waals surface area contributed by atoms with Gasteiger partial charge in [-0.1, -0.05) is 26.8 Å². The Morgan fingerprint density at radius 1 is 1.03 bits per heavy atom. The van der Waals surface area contributed by atoms with Crippen molar-refractivity contribution >= 4 is 27.7 Å². The van der Waals surface area contributed by atoms with Crippen LogP contribution < -0.4 is 0 Å². The van der Waals surface area contributed by atoms with Crippen LogP contribution in [0.3, 0.4) is 0 Å². The summed E-state index contributed by atoms with van der Waals surface area (Å²) in [7, 11) is -3.83. The number of rotatable bonds is 8. The van der Waals surface area contributed by atoms with E-state index in [0.29, 0.717) is 17.9 Å². The lowest BCUT2D eigenvalue weighted by Crippen LogP contribution is -2.37. The van der Waals surface area contributed by atoms with E-state index < -0.39 is 34.4 Å². The molecule has 2 fully saturated rings. The second-order valence-corrected chi connectivity index (χ2v) is 13.5. The van der Waals surface area contributed by atoms with Gasteiger partial charge in [0.15, 0.2) is 6.61 Å². The molecule has 2 atom stereocenters. The average Bonchev–Trinajstić information content (AvgIpc) is 3.27. The maximum absolute atomic E-state index is 13.6. The van der Waals surface area contributed by atoms with Gasteiger partial charge in [0, 0.05) is 24.0 Å². The van der Waals surface area contributed by atoms with Crippen molar-refractivity contribution in [2.24, 2.45) is 10.8 Å². The molecule has 10 heteroatoms. The molecule has 0 spiro atoms. The van der Waals surface area contributed by atoms with Crippen LogP contribution in [0.2, 0.25) is 0 Å². The van der Waals surface area contributed by atoms with Gasteiger partial charge in [0.25, 0.3) is 0 Å². The normalized spacial score (nSPS) is 22.7. The zero-order valence-electron chi connectivity index (χ0n) is 22.8. The van der Waals surface area contributed by atoms with Gasteiger partial charge in [0.05, 0.1) is 28.2 Å². The van der Waals surface area contributed by atoms with Gasteiger partial charge in [-0.2, -0.15) is 4.31 Å². The lowest BCUT2D eigenvalue weighted by Gasteiger charge is -2.39. The monoisotopic (exact) mass is 544 g/mol. The average molecular weight is 545 g/mol. The minimum Gasteiger partial charge on any atom is -0.462 e. The summed E-state index contributed by atoms with van der Waals surface area (Å²) in [4.78, 5) is 41.1. The quantitative estimate of drug-likeness (QED) is 0.385. The van der Waals surface area contributed by atoms with E-state index >= 15 is 0 Å². The summed E-state index contributed by atoms with van der Waals surface area (Å²) in [6, 6.07) is 5.65. The highest BCUT2D eigenvalue weighted by atomic mass is 32.2. The van der Waals surface area contributed by atoms with Crippen molar-refractivity contribution in [3.8, 4) is 0 Å². The van der Waals surface area contributed by atoms with Crippen LogP contribution in [0.5, 0.6) is 0 Å². The van der Waals surface area contributed by atoms with Gasteiger partial charge in [-0.25, -0.2) is 18.0 Å². The summed E-state index contributed by atoms with van der Waals surface area (Å²) >= 11 is 0. The molecule has 0 radical (unpaired) electrons. The number of aromatic amines is 1. The van der Waals surface area contributed by atoms with E-state index in [0.717, 1.165) is 19.3 Å². The maximum atomic E-state index is 13.6. The third kappa shape index (κ3) is 5.29. The molecule has 38 heavy (non-hydrogen) atoms. The molecular weight excluding hydrogens is 508 g/mol. The van der Waals surface area contributed by atoms with Crippen LogP contribution in [-0.4, -0.2) is 61.2 Å². The number of esters is 2. The lowest BCUT2D eigenvalue weighted by atomic mass is 9.65. The summed E-state index contributed by atoms with van der Waals surface area (Å²) in [5.41, 5.74) is 1.19. The topological polar surface area (TPSA) is 123 Å². The number of nitrogens with one attached hydrogen (secondary N) is 1. The van der Waals surface area contributed by atoms with Crippen molar-refractivity contribution in [2.45, 2.75) is 71.7 Å². The fourth-order valence-electron chi connectivity index (χ4n) is 6.48. The first-order valence-electron chi connectivity index (χ1n) is 12.9. The standard InChI is InChI=1S/C28H36N2O7S/c1-7-36-26(33)24-18(3)29-17(2)23(24)22(31)14-37-25(32)19-9-8-10-21(11-19)38(34,35)30-16-28(6)13-20(30)12-27(4,5)15-28/h8-11,20,29H,7,12-16H2,1-6H3/t20-,28-/m0/s1. The van der Waals surface area contributed by atoms with Crippen LogP contribution in [0.1, 0.15) is 89.4 Å². The Bertz CT molecular complexity index is 1390. The minimum absolute atomic E-state index is 0.0222. The van der Waals surface area contributed by atoms with Gasteiger partial charge in [-0.3, -0.25) is 4.79 Å². The molecule has 1 N–H and O–H groups in total. The molecule has 2 bridgehead atoms. The van der Waals surface area contributed by atoms with Crippen molar-refractivity contribution < 1.29 is 32.3 Å². The number of carbonyl (C=O) groups excluding carboxylic acids is 3. The number of ketones is 1. The van der Waals surface area contributed by atoms with Gasteiger partial charge in [0.1, 0.15) is 0 Å². The molecule has 1 aromatic carbocycles. The Labute approximate surface area is 223 Å². The molecule has 1 aliphatic carbocycles. The maximum Gasteiger partial charge on any atom is 0.340 e. The molecule has 0 amide bonds. The summed E-state index contributed by atoms with van der Waals surface area (Å²) in [6.45, 7) is 11.5. The number of nitrogens with zero attached hydrogens (tertiary/aromatic N) is 1. The Balaban J connectivity index is 1.50. The smallest absolute Gasteiger partial charge is 0.340 e. The van der Waals surface area contributed by atoms with Crippen LogP contribution >= 0.6 is 0 Å². The molecular formula is C28H36N2O7S. The van der Waals surface area contributed by atoms with Crippen LogP contribution in [0.4, 0.5) is 0 Å². The highest BCUT2D eigenvalue weighted by Crippen LogP contribution is 2.53. The third-order valence-corrected chi connectivity index (χ3v) is 9.41. The lowest BCUT2D eigenvalue weighted by molar-refractivity contribution is 0.0472. The number of ether oxygens (including phenoxy) is 2. The minimum atomic E-state index is -3.83. The molecule has 206 valence electrons. The van der Waals surface area contributed by atoms with Gasteiger partial charge in [0.2, 0.25) is 15.8 Å². The van der Waals surface area contributed by atoms with Gasteiger partial charge >= 0.3 is 11.9 Å². The van der Waals surface area contributed by atoms with Crippen LogP contribution in [0.15, 0.2) is 29.2 Å². The third-order valence-electron chi connectivity index (χ3n) is 7.51. The molecule has 1 aromatic heterocycles. The Morgan fingerprint density at radius 3 is 2.39 bits per heavy atom. The molecule has 4 rings (SSSR count). The van der Waals surface area contributed by atoms with Crippen molar-refractivity contribution in [2.75, 3.05) is 19.8 Å². The van der Waals surface area contributed by atoms with E-state index in [-0.39, 0.29) is 45.1 Å². The van der Waals surface area contributed by atoms with Gasteiger partial charge in [-0.05, 0) is 69.1 Å². The van der Waals surface area contributed by atoms with Crippen molar-refractivity contribution in [3.63, 3.8) is 0 Å². The largest absolute Gasteiger partial charge is 0.462 e. The van der Waals surface area contributed by atoms with E-state index in [9.17, 15) is 22.8 Å². The Morgan fingerprint density at radius 2 is 1.71 bits per heavy atom. The number of sulfonamides is 1. The molecule has 1 saturated carbocycles.